The molecular weight excluding hydrogens is 535 g/mol. The maximum Gasteiger partial charge on any atom is 0.530 e. The molecule has 0 aliphatic heterocycles. The Morgan fingerprint density at radius 1 is 0.452 bits per heavy atom. The number of hydrogen-bond donors (Lipinski definition) is 0. The van der Waals surface area contributed by atoms with E-state index in [-0.39, 0.29) is 16.2 Å². The summed E-state index contributed by atoms with van der Waals surface area (Å²) >= 11 is 0. The van der Waals surface area contributed by atoms with Gasteiger partial charge in [-0.3, -0.25) is 0 Å². The average Bonchev–Trinajstić information content (AvgIpc) is 2.91. The van der Waals surface area contributed by atoms with Crippen LogP contribution in [0.2, 0.25) is 0 Å². The van der Waals surface area contributed by atoms with E-state index in [9.17, 15) is 0 Å². The van der Waals surface area contributed by atoms with Gasteiger partial charge in [-0.1, -0.05) is 123 Å². The summed E-state index contributed by atoms with van der Waals surface area (Å²) in [6.07, 6.45) is 0. The summed E-state index contributed by atoms with van der Waals surface area (Å²) in [6.45, 7) is 20.3. The number of para-hydroxylation sites is 1. The van der Waals surface area contributed by atoms with Crippen molar-refractivity contribution in [3.63, 3.8) is 0 Å². The van der Waals surface area contributed by atoms with Gasteiger partial charge in [-0.25, -0.2) is 0 Å². The van der Waals surface area contributed by atoms with Crippen LogP contribution < -0.4 is 13.6 Å². The normalized spacial score (nSPS) is 13.3. The molecule has 0 saturated heterocycles. The highest BCUT2D eigenvalue weighted by molar-refractivity contribution is 7.43. The zero-order valence-corrected chi connectivity index (χ0v) is 27.3. The van der Waals surface area contributed by atoms with Crippen LogP contribution in [0.5, 0.6) is 17.2 Å². The Labute approximate surface area is 252 Å². The molecule has 5 rings (SSSR count). The molecule has 218 valence electrons. The highest BCUT2D eigenvalue weighted by Gasteiger charge is 2.29. The van der Waals surface area contributed by atoms with Gasteiger partial charge in [-0.2, -0.15) is 0 Å². The summed E-state index contributed by atoms with van der Waals surface area (Å²) in [4.78, 5) is 0. The number of benzene rings is 5. The molecule has 0 heterocycles. The maximum atomic E-state index is 6.79. The Morgan fingerprint density at radius 2 is 1.07 bits per heavy atom. The number of fused-ring (bicyclic) bond motifs is 2. The summed E-state index contributed by atoms with van der Waals surface area (Å²) in [6, 6.07) is 33.3. The number of rotatable bonds is 6. The fraction of sp³-hybridized carbons (Fsp3) is 0.316. The van der Waals surface area contributed by atoms with E-state index in [2.05, 4.69) is 105 Å². The summed E-state index contributed by atoms with van der Waals surface area (Å²) in [5, 5.41) is 4.69. The Hall–Kier alpha value is -3.55. The minimum absolute atomic E-state index is 0.0385. The van der Waals surface area contributed by atoms with E-state index in [1.54, 1.807) is 0 Å². The van der Waals surface area contributed by atoms with Gasteiger partial charge in [0.15, 0.2) is 0 Å². The monoisotopic (exact) mass is 578 g/mol. The largest absolute Gasteiger partial charge is 0.530 e. The van der Waals surface area contributed by atoms with Crippen LogP contribution in [0.25, 0.3) is 21.5 Å². The molecule has 0 aromatic heterocycles. The predicted molar refractivity (Wildman–Crippen MR) is 179 cm³/mol. The first-order chi connectivity index (χ1) is 19.7. The van der Waals surface area contributed by atoms with Gasteiger partial charge >= 0.3 is 8.60 Å². The van der Waals surface area contributed by atoms with Crippen LogP contribution in [0.15, 0.2) is 97.1 Å². The van der Waals surface area contributed by atoms with E-state index in [0.717, 1.165) is 22.1 Å². The third kappa shape index (κ3) is 6.74. The van der Waals surface area contributed by atoms with Crippen LogP contribution >= 0.6 is 8.60 Å². The second-order valence-corrected chi connectivity index (χ2v) is 15.2. The van der Waals surface area contributed by atoms with E-state index in [1.807, 2.05) is 54.6 Å². The summed E-state index contributed by atoms with van der Waals surface area (Å²) in [5.41, 5.74) is 3.58. The van der Waals surface area contributed by atoms with Gasteiger partial charge in [0.2, 0.25) is 0 Å². The van der Waals surface area contributed by atoms with Crippen molar-refractivity contribution in [3.8, 4) is 17.2 Å². The lowest BCUT2D eigenvalue weighted by Gasteiger charge is -2.29. The molecule has 0 bridgehead atoms. The van der Waals surface area contributed by atoms with Crippen LogP contribution in [0.3, 0.4) is 0 Å². The Balaban J connectivity index is 1.64. The molecule has 0 amide bonds. The van der Waals surface area contributed by atoms with Gasteiger partial charge in [0.05, 0.1) is 0 Å². The van der Waals surface area contributed by atoms with E-state index in [4.69, 9.17) is 13.6 Å². The fourth-order valence-electron chi connectivity index (χ4n) is 5.12. The smallest absolute Gasteiger partial charge is 0.409 e. The van der Waals surface area contributed by atoms with Crippen molar-refractivity contribution in [2.45, 2.75) is 78.6 Å². The summed E-state index contributed by atoms with van der Waals surface area (Å²) in [5.74, 6) is 2.19. The van der Waals surface area contributed by atoms with Crippen LogP contribution in [-0.2, 0) is 16.2 Å². The lowest BCUT2D eigenvalue weighted by atomic mass is 9.76. The van der Waals surface area contributed by atoms with Gasteiger partial charge in [0, 0.05) is 5.56 Å². The molecule has 5 aromatic rings. The molecule has 0 aliphatic rings. The third-order valence-corrected chi connectivity index (χ3v) is 8.60. The Kier molecular flexibility index (Phi) is 8.03. The van der Waals surface area contributed by atoms with E-state index < -0.39 is 8.60 Å². The van der Waals surface area contributed by atoms with Crippen LogP contribution in [0.1, 0.15) is 79.0 Å². The topological polar surface area (TPSA) is 27.7 Å². The lowest BCUT2D eigenvalue weighted by molar-refractivity contribution is 0.383. The van der Waals surface area contributed by atoms with Crippen molar-refractivity contribution in [2.24, 2.45) is 0 Å². The minimum Gasteiger partial charge on any atom is -0.409 e. The molecule has 0 N–H and O–H groups in total. The van der Waals surface area contributed by atoms with Gasteiger partial charge in [0.1, 0.15) is 17.2 Å². The molecule has 0 aliphatic carbocycles. The summed E-state index contributed by atoms with van der Waals surface area (Å²) in [7, 11) is -1.83. The summed E-state index contributed by atoms with van der Waals surface area (Å²) < 4.78 is 19.7. The minimum atomic E-state index is -1.83. The Morgan fingerprint density at radius 3 is 1.71 bits per heavy atom. The molecule has 1 unspecified atom stereocenters. The molecule has 0 fully saturated rings. The van der Waals surface area contributed by atoms with Gasteiger partial charge < -0.3 is 13.6 Å². The number of hydrogen-bond acceptors (Lipinski definition) is 3. The zero-order valence-electron chi connectivity index (χ0n) is 26.4. The van der Waals surface area contributed by atoms with E-state index in [1.165, 1.54) is 21.9 Å². The van der Waals surface area contributed by atoms with Crippen molar-refractivity contribution in [2.75, 3.05) is 0 Å². The predicted octanol–water partition coefficient (Wildman–Crippen LogP) is 11.6. The lowest BCUT2D eigenvalue weighted by Crippen LogP contribution is -2.18. The fourth-order valence-corrected chi connectivity index (χ4v) is 6.12. The molecule has 1 atom stereocenters. The van der Waals surface area contributed by atoms with Crippen LogP contribution in [0.4, 0.5) is 0 Å². The molecule has 5 aromatic carbocycles. The first-order valence-corrected chi connectivity index (χ1v) is 15.8. The van der Waals surface area contributed by atoms with E-state index in [0.29, 0.717) is 11.5 Å². The van der Waals surface area contributed by atoms with Crippen molar-refractivity contribution in [1.29, 1.82) is 0 Å². The highest BCUT2D eigenvalue weighted by atomic mass is 31.2. The van der Waals surface area contributed by atoms with Gasteiger partial charge in [-0.05, 0) is 85.3 Å². The second-order valence-electron chi connectivity index (χ2n) is 14.2. The molecular formula is C38H43O3P. The van der Waals surface area contributed by atoms with Gasteiger partial charge in [-0.15, -0.1) is 0 Å². The SMILES string of the molecule is CC(C)(C)c1cc(C(C)(C)C)c2cc(OP(Oc3ccccc3)Oc3ccc4ccccc4c3)c(C(C)(C)C)cc2c1. The first-order valence-electron chi connectivity index (χ1n) is 14.7. The second kappa shape index (κ2) is 11.3. The third-order valence-electron chi connectivity index (χ3n) is 7.53. The molecule has 3 nitrogen and oxygen atoms in total. The molecule has 4 heteroatoms. The molecule has 0 saturated carbocycles. The van der Waals surface area contributed by atoms with Gasteiger partial charge in [0.25, 0.3) is 0 Å². The quantitative estimate of drug-likeness (QED) is 0.188. The highest BCUT2D eigenvalue weighted by Crippen LogP contribution is 2.48. The zero-order chi connectivity index (χ0) is 30.3. The van der Waals surface area contributed by atoms with Crippen molar-refractivity contribution >= 4 is 30.1 Å². The maximum absolute atomic E-state index is 6.79. The standard InChI is InChI=1S/C38H43O3P/c1-36(2,3)29-21-28-23-34(38(7,8)9)35(25-32(28)33(24-29)37(4,5)6)41-42(39-30-17-11-10-12-18-30)40-31-20-19-26-15-13-14-16-27(26)22-31/h10-25H,1-9H3. The van der Waals surface area contributed by atoms with Crippen molar-refractivity contribution in [1.82, 2.24) is 0 Å². The van der Waals surface area contributed by atoms with Crippen molar-refractivity contribution in [3.05, 3.63) is 114 Å². The van der Waals surface area contributed by atoms with Crippen LogP contribution in [0, 0.1) is 0 Å². The Bertz CT molecular complexity index is 1700. The van der Waals surface area contributed by atoms with Crippen LogP contribution in [-0.4, -0.2) is 0 Å². The molecule has 0 spiro atoms. The van der Waals surface area contributed by atoms with E-state index >= 15 is 0 Å². The average molecular weight is 579 g/mol. The van der Waals surface area contributed by atoms with Crippen molar-refractivity contribution < 1.29 is 13.6 Å². The molecule has 42 heavy (non-hydrogen) atoms. The first kappa shape index (κ1) is 29.9. The molecule has 0 radical (unpaired) electrons.